The molecule has 1 amide bonds. The Kier molecular flexibility index (Phi) is 6.24. The number of methoxy groups -OCH3 is 1. The van der Waals surface area contributed by atoms with Gasteiger partial charge in [-0.25, -0.2) is 0 Å². The first-order valence-corrected chi connectivity index (χ1v) is 9.27. The van der Waals surface area contributed by atoms with Crippen molar-refractivity contribution in [1.29, 1.82) is 0 Å². The molecule has 7 heteroatoms. The molecular formula is C20H26N2O5. The van der Waals surface area contributed by atoms with Gasteiger partial charge in [0.25, 0.3) is 5.91 Å². The fraction of sp³-hybridized carbons (Fsp3) is 0.450. The molecule has 3 rings (SSSR count). The van der Waals surface area contributed by atoms with Crippen LogP contribution in [-0.2, 0) is 4.74 Å². The van der Waals surface area contributed by atoms with Crippen molar-refractivity contribution in [3.05, 3.63) is 41.6 Å². The van der Waals surface area contributed by atoms with E-state index in [1.807, 2.05) is 24.3 Å². The number of anilines is 1. The molecule has 2 aromatic rings. The quantitative estimate of drug-likeness (QED) is 0.647. The molecule has 27 heavy (non-hydrogen) atoms. The maximum absolute atomic E-state index is 12.5. The Labute approximate surface area is 158 Å². The number of carbonyl (C=O) groups is 1. The van der Waals surface area contributed by atoms with Crippen molar-refractivity contribution in [2.45, 2.75) is 38.0 Å². The normalized spacial score (nSPS) is 14.9. The molecule has 1 aliphatic carbocycles. The molecule has 0 unspecified atom stereocenters. The second-order valence-electron chi connectivity index (χ2n) is 6.78. The Balaban J connectivity index is 1.66. The van der Waals surface area contributed by atoms with Crippen molar-refractivity contribution in [3.8, 4) is 11.6 Å². The predicted octanol–water partition coefficient (Wildman–Crippen LogP) is 3.27. The topological polar surface area (TPSA) is 93.0 Å². The number of nitrogens with one attached hydrogen (secondary N) is 1. The summed E-state index contributed by atoms with van der Waals surface area (Å²) in [6, 6.07) is 7.76. The summed E-state index contributed by atoms with van der Waals surface area (Å²) >= 11 is 0. The average molecular weight is 374 g/mol. The third kappa shape index (κ3) is 4.54. The van der Waals surface area contributed by atoms with Gasteiger partial charge < -0.3 is 25.1 Å². The maximum Gasteiger partial charge on any atom is 0.265 e. The standard InChI is InChI=1S/C20H26N2O5/c1-26-11-12-27-22-13-17(23)18(20(22)25)19(24)21-16-9-7-15(8-10-16)14-5-3-2-4-6-14/h7-10,13-14,23,25H,2-6,11-12H2,1H3,(H,21,24). The molecule has 1 fully saturated rings. The molecule has 0 saturated heterocycles. The van der Waals surface area contributed by atoms with Crippen molar-refractivity contribution < 1.29 is 24.6 Å². The van der Waals surface area contributed by atoms with E-state index in [1.165, 1.54) is 44.8 Å². The van der Waals surface area contributed by atoms with Crippen LogP contribution < -0.4 is 10.2 Å². The number of hydrogen-bond acceptors (Lipinski definition) is 5. The van der Waals surface area contributed by atoms with Crippen LogP contribution in [0.4, 0.5) is 5.69 Å². The molecule has 3 N–H and O–H groups in total. The largest absolute Gasteiger partial charge is 0.505 e. The monoisotopic (exact) mass is 374 g/mol. The van der Waals surface area contributed by atoms with Gasteiger partial charge in [-0.15, -0.1) is 0 Å². The van der Waals surface area contributed by atoms with Crippen LogP contribution in [0.2, 0.25) is 0 Å². The minimum absolute atomic E-state index is 0.169. The van der Waals surface area contributed by atoms with E-state index >= 15 is 0 Å². The number of benzene rings is 1. The number of hydrogen-bond donors (Lipinski definition) is 3. The summed E-state index contributed by atoms with van der Waals surface area (Å²) in [4.78, 5) is 17.7. The van der Waals surface area contributed by atoms with Crippen LogP contribution in [0.15, 0.2) is 30.5 Å². The van der Waals surface area contributed by atoms with Crippen molar-refractivity contribution in [1.82, 2.24) is 4.73 Å². The van der Waals surface area contributed by atoms with E-state index in [2.05, 4.69) is 5.32 Å². The zero-order valence-electron chi connectivity index (χ0n) is 15.5. The molecule has 146 valence electrons. The Morgan fingerprint density at radius 1 is 1.15 bits per heavy atom. The smallest absolute Gasteiger partial charge is 0.265 e. The molecular weight excluding hydrogens is 348 g/mol. The first kappa shape index (κ1) is 19.1. The van der Waals surface area contributed by atoms with E-state index in [9.17, 15) is 15.0 Å². The average Bonchev–Trinajstić information content (AvgIpc) is 2.97. The van der Waals surface area contributed by atoms with E-state index in [-0.39, 0.29) is 17.9 Å². The highest BCUT2D eigenvalue weighted by Gasteiger charge is 2.23. The van der Waals surface area contributed by atoms with Crippen molar-refractivity contribution in [2.75, 3.05) is 25.6 Å². The van der Waals surface area contributed by atoms with Crippen molar-refractivity contribution in [3.63, 3.8) is 0 Å². The Bertz CT molecular complexity index is 763. The summed E-state index contributed by atoms with van der Waals surface area (Å²) in [6.07, 6.45) is 7.42. The summed E-state index contributed by atoms with van der Waals surface area (Å²) in [5.41, 5.74) is 1.66. The molecule has 0 spiro atoms. The number of rotatable bonds is 7. The highest BCUT2D eigenvalue weighted by atomic mass is 16.7. The molecule has 0 radical (unpaired) electrons. The number of aromatic hydroxyl groups is 2. The number of aromatic nitrogens is 1. The van der Waals surface area contributed by atoms with E-state index in [1.54, 1.807) is 0 Å². The molecule has 1 aromatic heterocycles. The molecule has 1 heterocycles. The van der Waals surface area contributed by atoms with Crippen molar-refractivity contribution in [2.24, 2.45) is 0 Å². The van der Waals surface area contributed by atoms with Gasteiger partial charge in [-0.1, -0.05) is 31.4 Å². The molecule has 0 aliphatic heterocycles. The summed E-state index contributed by atoms with van der Waals surface area (Å²) in [5.74, 6) is -0.833. The highest BCUT2D eigenvalue weighted by molar-refractivity contribution is 6.07. The fourth-order valence-corrected chi connectivity index (χ4v) is 3.46. The lowest BCUT2D eigenvalue weighted by Crippen LogP contribution is -2.16. The second-order valence-corrected chi connectivity index (χ2v) is 6.78. The third-order valence-electron chi connectivity index (χ3n) is 4.92. The maximum atomic E-state index is 12.5. The van der Waals surface area contributed by atoms with E-state index in [0.29, 0.717) is 18.2 Å². The third-order valence-corrected chi connectivity index (χ3v) is 4.92. The Morgan fingerprint density at radius 3 is 2.52 bits per heavy atom. The lowest BCUT2D eigenvalue weighted by atomic mass is 9.84. The molecule has 7 nitrogen and oxygen atoms in total. The predicted molar refractivity (Wildman–Crippen MR) is 101 cm³/mol. The zero-order chi connectivity index (χ0) is 19.2. The van der Waals surface area contributed by atoms with Crippen molar-refractivity contribution >= 4 is 11.6 Å². The van der Waals surface area contributed by atoms with Crippen LogP contribution in [-0.4, -0.2) is 41.2 Å². The first-order chi connectivity index (χ1) is 13.1. The summed E-state index contributed by atoms with van der Waals surface area (Å²) in [7, 11) is 1.52. The molecule has 0 atom stereocenters. The van der Waals surface area contributed by atoms with E-state index < -0.39 is 11.8 Å². The van der Waals surface area contributed by atoms with Gasteiger partial charge in [0.1, 0.15) is 12.2 Å². The van der Waals surface area contributed by atoms with E-state index in [0.717, 1.165) is 10.9 Å². The SMILES string of the molecule is COCCOn1cc(O)c(C(=O)Nc2ccc(C3CCCCC3)cc2)c1O. The Morgan fingerprint density at radius 2 is 1.85 bits per heavy atom. The van der Waals surface area contributed by atoms with Gasteiger partial charge in [0.05, 0.1) is 12.8 Å². The number of carbonyl (C=O) groups excluding carboxylic acids is 1. The summed E-state index contributed by atoms with van der Waals surface area (Å²) < 4.78 is 5.81. The molecule has 1 aromatic carbocycles. The van der Waals surface area contributed by atoms with Crippen LogP contribution in [0, 0.1) is 0 Å². The van der Waals surface area contributed by atoms with Gasteiger partial charge in [-0.3, -0.25) is 4.79 Å². The van der Waals surface area contributed by atoms with Gasteiger partial charge in [0.2, 0.25) is 5.88 Å². The fourth-order valence-electron chi connectivity index (χ4n) is 3.46. The first-order valence-electron chi connectivity index (χ1n) is 9.27. The minimum atomic E-state index is -0.607. The van der Waals surface area contributed by atoms with Crippen LogP contribution in [0.1, 0.15) is 53.9 Å². The van der Waals surface area contributed by atoms with E-state index in [4.69, 9.17) is 9.57 Å². The zero-order valence-corrected chi connectivity index (χ0v) is 15.5. The van der Waals surface area contributed by atoms with Crippen LogP contribution in [0.3, 0.4) is 0 Å². The van der Waals surface area contributed by atoms with Crippen LogP contribution in [0.25, 0.3) is 0 Å². The second kappa shape index (κ2) is 8.81. The molecule has 1 aliphatic rings. The molecule has 0 bridgehead atoms. The molecule has 1 saturated carbocycles. The van der Waals surface area contributed by atoms with Gasteiger partial charge in [-0.2, -0.15) is 4.73 Å². The number of nitrogens with zero attached hydrogens (tertiary/aromatic N) is 1. The van der Waals surface area contributed by atoms with Crippen LogP contribution in [0.5, 0.6) is 11.6 Å². The number of amides is 1. The Hall–Kier alpha value is -2.67. The van der Waals surface area contributed by atoms with Gasteiger partial charge in [-0.05, 0) is 36.5 Å². The van der Waals surface area contributed by atoms with Gasteiger partial charge >= 0.3 is 0 Å². The minimum Gasteiger partial charge on any atom is -0.505 e. The van der Waals surface area contributed by atoms with Gasteiger partial charge in [0.15, 0.2) is 5.75 Å². The van der Waals surface area contributed by atoms with Crippen LogP contribution >= 0.6 is 0 Å². The summed E-state index contributed by atoms with van der Waals surface area (Å²) in [5, 5.41) is 22.8. The van der Waals surface area contributed by atoms with Gasteiger partial charge in [0, 0.05) is 12.8 Å². The lowest BCUT2D eigenvalue weighted by molar-refractivity contribution is 0.0472. The number of ether oxygens (including phenoxy) is 1. The summed E-state index contributed by atoms with van der Waals surface area (Å²) in [6.45, 7) is 0.481. The lowest BCUT2D eigenvalue weighted by Gasteiger charge is -2.22. The highest BCUT2D eigenvalue weighted by Crippen LogP contribution is 2.33.